The topological polar surface area (TPSA) is 103 Å². The van der Waals surface area contributed by atoms with E-state index in [1.165, 1.54) is 0 Å². The Labute approximate surface area is 167 Å². The number of amides is 1. The number of Topliss-reactive ketones (excluding diaryl/α,β-unsaturated/α-hetero) is 1. The maximum atomic E-state index is 12.3. The van der Waals surface area contributed by atoms with Crippen LogP contribution in [0, 0.1) is 0 Å². The van der Waals surface area contributed by atoms with Crippen LogP contribution in [0.4, 0.5) is 5.69 Å². The molecule has 0 saturated carbocycles. The number of methoxy groups -OCH3 is 1. The second kappa shape index (κ2) is 9.41. The van der Waals surface area contributed by atoms with Crippen molar-refractivity contribution in [3.63, 3.8) is 0 Å². The van der Waals surface area contributed by atoms with Gasteiger partial charge in [-0.05, 0) is 29.8 Å². The molecule has 0 aliphatic carbocycles. The number of carbonyl (C=O) groups is 3. The van der Waals surface area contributed by atoms with Crippen LogP contribution in [-0.4, -0.2) is 38.0 Å². The molecule has 0 bridgehead atoms. The molecular weight excluding hydrogens is 376 g/mol. The van der Waals surface area contributed by atoms with E-state index in [0.29, 0.717) is 11.4 Å². The van der Waals surface area contributed by atoms with Crippen LogP contribution in [0.5, 0.6) is 5.75 Å². The molecule has 0 radical (unpaired) electrons. The molecule has 0 atom stereocenters. The molecule has 0 saturated heterocycles. The third-order valence-electron chi connectivity index (χ3n) is 4.07. The lowest BCUT2D eigenvalue weighted by atomic mass is 10.2. The number of benzene rings is 2. The molecule has 1 aliphatic heterocycles. The molecule has 3 rings (SSSR count). The predicted octanol–water partition coefficient (Wildman–Crippen LogP) is 1.78. The highest BCUT2D eigenvalue weighted by Crippen LogP contribution is 2.20. The largest absolute Gasteiger partial charge is 0.497 e. The zero-order valence-corrected chi connectivity index (χ0v) is 15.8. The number of carbonyl (C=O) groups excluding carboxylic acids is 3. The van der Waals surface area contributed by atoms with E-state index in [1.54, 1.807) is 43.5 Å². The highest BCUT2D eigenvalue weighted by molar-refractivity contribution is 6.20. The first-order chi connectivity index (χ1) is 14.1. The van der Waals surface area contributed by atoms with Crippen molar-refractivity contribution in [3.05, 3.63) is 71.6 Å². The van der Waals surface area contributed by atoms with E-state index >= 15 is 0 Å². The van der Waals surface area contributed by atoms with Gasteiger partial charge in [0.15, 0.2) is 18.8 Å². The molecule has 8 nitrogen and oxygen atoms in total. The summed E-state index contributed by atoms with van der Waals surface area (Å²) < 4.78 is 15.3. The number of ketones is 1. The molecule has 8 heteroatoms. The van der Waals surface area contributed by atoms with Crippen LogP contribution in [0.1, 0.15) is 5.56 Å². The second-order valence-corrected chi connectivity index (χ2v) is 6.11. The van der Waals surface area contributed by atoms with Crippen LogP contribution in [0.25, 0.3) is 0 Å². The molecule has 1 heterocycles. The normalized spacial score (nSPS) is 12.9. The van der Waals surface area contributed by atoms with E-state index in [0.717, 1.165) is 5.56 Å². The summed E-state index contributed by atoms with van der Waals surface area (Å²) in [4.78, 5) is 36.2. The minimum absolute atomic E-state index is 0.0184. The molecule has 2 aromatic rings. The lowest BCUT2D eigenvalue weighted by Gasteiger charge is -2.09. The van der Waals surface area contributed by atoms with E-state index < -0.39 is 24.3 Å². The van der Waals surface area contributed by atoms with Crippen molar-refractivity contribution in [2.75, 3.05) is 25.6 Å². The Morgan fingerprint density at radius 3 is 2.48 bits per heavy atom. The molecule has 29 heavy (non-hydrogen) atoms. The summed E-state index contributed by atoms with van der Waals surface area (Å²) in [6.45, 7) is -0.500. The zero-order chi connectivity index (χ0) is 20.6. The fourth-order valence-electron chi connectivity index (χ4n) is 2.56. The van der Waals surface area contributed by atoms with Crippen LogP contribution in [-0.2, 0) is 30.4 Å². The first kappa shape index (κ1) is 19.9. The summed E-state index contributed by atoms with van der Waals surface area (Å²) in [5.74, 6) is -1.17. The molecule has 1 amide bonds. The van der Waals surface area contributed by atoms with Crippen molar-refractivity contribution in [1.82, 2.24) is 5.32 Å². The Balaban J connectivity index is 1.53. The van der Waals surface area contributed by atoms with E-state index in [-0.39, 0.29) is 24.6 Å². The standard InChI is InChI=1S/C21H20N2O6/c1-27-16-9-7-14(8-10-16)11-22-18(25)13-29-21(26)19-17(24)12-28-20(19)23-15-5-3-2-4-6-15/h2-10,23H,11-13H2,1H3,(H,22,25). The Morgan fingerprint density at radius 1 is 1.07 bits per heavy atom. The van der Waals surface area contributed by atoms with Gasteiger partial charge in [0.1, 0.15) is 5.75 Å². The van der Waals surface area contributed by atoms with Crippen molar-refractivity contribution in [1.29, 1.82) is 0 Å². The zero-order valence-electron chi connectivity index (χ0n) is 15.8. The summed E-state index contributed by atoms with van der Waals surface area (Å²) in [7, 11) is 1.57. The van der Waals surface area contributed by atoms with Crippen LogP contribution in [0.3, 0.4) is 0 Å². The molecular formula is C21H20N2O6. The smallest absolute Gasteiger partial charge is 0.347 e. The van der Waals surface area contributed by atoms with Crippen molar-refractivity contribution in [2.24, 2.45) is 0 Å². The fraction of sp³-hybridized carbons (Fsp3) is 0.190. The number of anilines is 1. The summed E-state index contributed by atoms with van der Waals surface area (Å²) in [5, 5.41) is 5.51. The van der Waals surface area contributed by atoms with Gasteiger partial charge in [-0.2, -0.15) is 0 Å². The van der Waals surface area contributed by atoms with Gasteiger partial charge in [0.2, 0.25) is 11.7 Å². The SMILES string of the molecule is COc1ccc(CNC(=O)COC(=O)C2=C(Nc3ccccc3)OCC2=O)cc1. The minimum Gasteiger partial charge on any atom is -0.497 e. The van der Waals surface area contributed by atoms with Crippen LogP contribution < -0.4 is 15.4 Å². The highest BCUT2D eigenvalue weighted by Gasteiger charge is 2.32. The lowest BCUT2D eigenvalue weighted by molar-refractivity contribution is -0.145. The summed E-state index contributed by atoms with van der Waals surface area (Å²) in [6.07, 6.45) is 0. The van der Waals surface area contributed by atoms with Crippen LogP contribution >= 0.6 is 0 Å². The highest BCUT2D eigenvalue weighted by atomic mass is 16.5. The van der Waals surface area contributed by atoms with E-state index in [2.05, 4.69) is 10.6 Å². The number of esters is 1. The first-order valence-electron chi connectivity index (χ1n) is 8.86. The molecule has 2 N–H and O–H groups in total. The molecule has 150 valence electrons. The Hall–Kier alpha value is -3.81. The van der Waals surface area contributed by atoms with Gasteiger partial charge in [-0.25, -0.2) is 4.79 Å². The average molecular weight is 396 g/mol. The van der Waals surface area contributed by atoms with E-state index in [1.807, 2.05) is 18.2 Å². The monoisotopic (exact) mass is 396 g/mol. The van der Waals surface area contributed by atoms with Gasteiger partial charge in [0.25, 0.3) is 5.91 Å². The molecule has 0 unspecified atom stereocenters. The molecule has 0 fully saturated rings. The van der Waals surface area contributed by atoms with Crippen LogP contribution in [0.2, 0.25) is 0 Å². The van der Waals surface area contributed by atoms with Crippen molar-refractivity contribution < 1.29 is 28.6 Å². The number of hydrogen-bond acceptors (Lipinski definition) is 7. The van der Waals surface area contributed by atoms with E-state index in [9.17, 15) is 14.4 Å². The maximum Gasteiger partial charge on any atom is 0.347 e. The van der Waals surface area contributed by atoms with Crippen molar-refractivity contribution in [3.8, 4) is 5.75 Å². The second-order valence-electron chi connectivity index (χ2n) is 6.11. The third kappa shape index (κ3) is 5.35. The van der Waals surface area contributed by atoms with Gasteiger partial charge in [-0.15, -0.1) is 0 Å². The minimum atomic E-state index is -0.912. The first-order valence-corrected chi connectivity index (χ1v) is 8.86. The van der Waals surface area contributed by atoms with E-state index in [4.69, 9.17) is 14.2 Å². The fourth-order valence-corrected chi connectivity index (χ4v) is 2.56. The van der Waals surface area contributed by atoms with Gasteiger partial charge in [-0.1, -0.05) is 30.3 Å². The third-order valence-corrected chi connectivity index (χ3v) is 4.07. The predicted molar refractivity (Wildman–Crippen MR) is 104 cm³/mol. The molecule has 0 spiro atoms. The summed E-state index contributed by atoms with van der Waals surface area (Å²) >= 11 is 0. The number of ether oxygens (including phenoxy) is 3. The quantitative estimate of drug-likeness (QED) is 0.518. The van der Waals surface area contributed by atoms with Gasteiger partial charge in [-0.3, -0.25) is 9.59 Å². The summed E-state index contributed by atoms with van der Waals surface area (Å²) in [6, 6.07) is 16.1. The molecule has 0 aromatic heterocycles. The Kier molecular flexibility index (Phi) is 6.47. The lowest BCUT2D eigenvalue weighted by Crippen LogP contribution is -2.29. The molecule has 2 aromatic carbocycles. The number of para-hydroxylation sites is 1. The van der Waals surface area contributed by atoms with Gasteiger partial charge in [0, 0.05) is 12.2 Å². The maximum absolute atomic E-state index is 12.3. The number of nitrogens with one attached hydrogen (secondary N) is 2. The van der Waals surface area contributed by atoms with Crippen molar-refractivity contribution >= 4 is 23.3 Å². The average Bonchev–Trinajstić information content (AvgIpc) is 3.11. The van der Waals surface area contributed by atoms with Gasteiger partial charge >= 0.3 is 5.97 Å². The Morgan fingerprint density at radius 2 is 1.79 bits per heavy atom. The molecule has 1 aliphatic rings. The number of rotatable bonds is 8. The van der Waals surface area contributed by atoms with Gasteiger partial charge in [0.05, 0.1) is 7.11 Å². The van der Waals surface area contributed by atoms with Crippen LogP contribution in [0.15, 0.2) is 66.1 Å². The summed E-state index contributed by atoms with van der Waals surface area (Å²) in [5.41, 5.74) is 1.28. The number of hydrogen-bond donors (Lipinski definition) is 2. The van der Waals surface area contributed by atoms with Crippen molar-refractivity contribution in [2.45, 2.75) is 6.54 Å². The Bertz CT molecular complexity index is 922. The van der Waals surface area contributed by atoms with Gasteiger partial charge < -0.3 is 24.8 Å².